The second kappa shape index (κ2) is 15.8. The average Bonchev–Trinajstić information content (AvgIpc) is 3.30. The van der Waals surface area contributed by atoms with Crippen LogP contribution in [0.1, 0.15) is 99.0 Å². The maximum atomic E-state index is 12.7. The van der Waals surface area contributed by atoms with Crippen LogP contribution in [0.25, 0.3) is 6.08 Å². The van der Waals surface area contributed by atoms with Crippen LogP contribution >= 0.6 is 0 Å². The van der Waals surface area contributed by atoms with Gasteiger partial charge in [-0.1, -0.05) is 94.4 Å². The molecular formula is C31H43N3O2. The number of hydrogen-bond donors (Lipinski definition) is 2. The Labute approximate surface area is 217 Å². The van der Waals surface area contributed by atoms with Gasteiger partial charge in [-0.2, -0.15) is 0 Å². The van der Waals surface area contributed by atoms with Gasteiger partial charge in [-0.15, -0.1) is 0 Å². The van der Waals surface area contributed by atoms with E-state index in [9.17, 15) is 9.59 Å². The minimum Gasteiger partial charge on any atom is -0.356 e. The molecule has 0 aromatic heterocycles. The molecule has 194 valence electrons. The van der Waals surface area contributed by atoms with Gasteiger partial charge in [0.25, 0.3) is 5.91 Å². The maximum Gasteiger partial charge on any atom is 0.269 e. The topological polar surface area (TPSA) is 61.4 Å². The number of benzene rings is 2. The van der Waals surface area contributed by atoms with Crippen molar-refractivity contribution in [1.82, 2.24) is 10.7 Å². The molecule has 0 atom stereocenters. The minimum absolute atomic E-state index is 0.0970. The first-order chi connectivity index (χ1) is 17.7. The highest BCUT2D eigenvalue weighted by Crippen LogP contribution is 2.25. The largest absolute Gasteiger partial charge is 0.356 e. The first-order valence-electron chi connectivity index (χ1n) is 13.9. The fraction of sp³-hybridized carbons (Fsp3) is 0.484. The molecule has 3 rings (SSSR count). The van der Waals surface area contributed by atoms with Crippen molar-refractivity contribution in [2.45, 2.75) is 84.0 Å². The molecule has 1 aliphatic heterocycles. The van der Waals surface area contributed by atoms with Crippen molar-refractivity contribution in [2.75, 3.05) is 18.1 Å². The zero-order valence-electron chi connectivity index (χ0n) is 21.9. The maximum absolute atomic E-state index is 12.7. The number of para-hydroxylation sites is 1. The zero-order valence-corrected chi connectivity index (χ0v) is 21.9. The van der Waals surface area contributed by atoms with E-state index in [0.717, 1.165) is 50.0 Å². The summed E-state index contributed by atoms with van der Waals surface area (Å²) in [4.78, 5) is 24.7. The van der Waals surface area contributed by atoms with E-state index < -0.39 is 0 Å². The van der Waals surface area contributed by atoms with E-state index in [1.165, 1.54) is 50.5 Å². The molecular weight excluding hydrogens is 446 g/mol. The van der Waals surface area contributed by atoms with Gasteiger partial charge >= 0.3 is 0 Å². The van der Waals surface area contributed by atoms with Crippen LogP contribution in [-0.4, -0.2) is 24.9 Å². The van der Waals surface area contributed by atoms with Crippen LogP contribution in [0.5, 0.6) is 0 Å². The van der Waals surface area contributed by atoms with E-state index in [1.807, 2.05) is 47.5 Å². The summed E-state index contributed by atoms with van der Waals surface area (Å²) in [5, 5.41) is 4.97. The normalized spacial score (nSPS) is 12.6. The number of hydrazine groups is 1. The number of carbonyl (C=O) groups excluding carboxylic acids is 2. The number of carbonyl (C=O) groups is 2. The van der Waals surface area contributed by atoms with Gasteiger partial charge in [0.1, 0.15) is 0 Å². The third kappa shape index (κ3) is 9.52. The van der Waals surface area contributed by atoms with Crippen molar-refractivity contribution >= 4 is 23.6 Å². The Morgan fingerprint density at radius 3 is 2.39 bits per heavy atom. The molecule has 0 bridgehead atoms. The van der Waals surface area contributed by atoms with Gasteiger partial charge in [-0.3, -0.25) is 20.0 Å². The van der Waals surface area contributed by atoms with E-state index in [0.29, 0.717) is 12.0 Å². The lowest BCUT2D eigenvalue weighted by atomic mass is 10.1. The van der Waals surface area contributed by atoms with Crippen LogP contribution in [0.3, 0.4) is 0 Å². The second-order valence-electron chi connectivity index (χ2n) is 9.71. The van der Waals surface area contributed by atoms with Gasteiger partial charge in [-0.25, -0.2) is 0 Å². The quantitative estimate of drug-likeness (QED) is 0.254. The third-order valence-corrected chi connectivity index (χ3v) is 6.73. The number of allylic oxidation sites excluding steroid dienone is 1. The fourth-order valence-corrected chi connectivity index (χ4v) is 4.56. The van der Waals surface area contributed by atoms with E-state index >= 15 is 0 Å². The van der Waals surface area contributed by atoms with Gasteiger partial charge in [0.15, 0.2) is 0 Å². The Morgan fingerprint density at radius 2 is 1.61 bits per heavy atom. The summed E-state index contributed by atoms with van der Waals surface area (Å²) in [6.45, 7) is 3.84. The molecule has 5 nitrogen and oxygen atoms in total. The molecule has 0 saturated carbocycles. The summed E-state index contributed by atoms with van der Waals surface area (Å²) in [7, 11) is 0. The molecule has 2 N–H and O–H groups in total. The molecule has 0 spiro atoms. The molecule has 36 heavy (non-hydrogen) atoms. The number of nitrogens with one attached hydrogen (secondary N) is 2. The molecule has 0 fully saturated rings. The van der Waals surface area contributed by atoms with Gasteiger partial charge in [0, 0.05) is 25.1 Å². The van der Waals surface area contributed by atoms with E-state index in [4.69, 9.17) is 0 Å². The van der Waals surface area contributed by atoms with Crippen molar-refractivity contribution in [3.63, 3.8) is 0 Å². The molecule has 1 heterocycles. The van der Waals surface area contributed by atoms with Gasteiger partial charge in [0.05, 0.1) is 5.69 Å². The SMILES string of the molecule is CCCCCCCCCCNC(=O)CCC/C=C\c1ccc(C(=O)NN2CCc3ccccc32)cc1. The molecule has 0 saturated heterocycles. The molecule has 2 aromatic carbocycles. The predicted octanol–water partition coefficient (Wildman–Crippen LogP) is 6.83. The van der Waals surface area contributed by atoms with Crippen LogP contribution in [-0.2, 0) is 11.2 Å². The van der Waals surface area contributed by atoms with Crippen LogP contribution < -0.4 is 15.8 Å². The first-order valence-corrected chi connectivity index (χ1v) is 13.9. The van der Waals surface area contributed by atoms with Crippen LogP contribution in [0.4, 0.5) is 5.69 Å². The van der Waals surface area contributed by atoms with Crippen molar-refractivity contribution in [2.24, 2.45) is 0 Å². The number of amides is 2. The Balaban J connectivity index is 1.26. The van der Waals surface area contributed by atoms with Crippen molar-refractivity contribution in [3.05, 3.63) is 71.3 Å². The lowest BCUT2D eigenvalue weighted by Crippen LogP contribution is -2.41. The molecule has 1 aliphatic rings. The minimum atomic E-state index is -0.0970. The van der Waals surface area contributed by atoms with Crippen LogP contribution in [0.2, 0.25) is 0 Å². The van der Waals surface area contributed by atoms with Gasteiger partial charge < -0.3 is 5.32 Å². The molecule has 5 heteroatoms. The zero-order chi connectivity index (χ0) is 25.4. The lowest BCUT2D eigenvalue weighted by molar-refractivity contribution is -0.121. The Bertz CT molecular complexity index is 968. The highest BCUT2D eigenvalue weighted by molar-refractivity contribution is 5.95. The van der Waals surface area contributed by atoms with Crippen LogP contribution in [0, 0.1) is 0 Å². The van der Waals surface area contributed by atoms with E-state index in [2.05, 4.69) is 35.9 Å². The summed E-state index contributed by atoms with van der Waals surface area (Å²) >= 11 is 0. The fourth-order valence-electron chi connectivity index (χ4n) is 4.56. The number of nitrogens with zero attached hydrogens (tertiary/aromatic N) is 1. The van der Waals surface area contributed by atoms with E-state index in [1.54, 1.807) is 0 Å². The Kier molecular flexibility index (Phi) is 12.1. The molecule has 0 aliphatic carbocycles. The van der Waals surface area contributed by atoms with Gasteiger partial charge in [0.2, 0.25) is 5.91 Å². The van der Waals surface area contributed by atoms with Crippen molar-refractivity contribution in [1.29, 1.82) is 0 Å². The number of unbranched alkanes of at least 4 members (excludes halogenated alkanes) is 8. The number of hydrogen-bond acceptors (Lipinski definition) is 3. The Morgan fingerprint density at radius 1 is 0.889 bits per heavy atom. The molecule has 2 amide bonds. The summed E-state index contributed by atoms with van der Waals surface area (Å²) in [6, 6.07) is 15.8. The third-order valence-electron chi connectivity index (χ3n) is 6.73. The molecule has 0 radical (unpaired) electrons. The summed E-state index contributed by atoms with van der Waals surface area (Å²) < 4.78 is 0. The van der Waals surface area contributed by atoms with Gasteiger partial charge in [-0.05, 0) is 55.0 Å². The number of anilines is 1. The second-order valence-corrected chi connectivity index (χ2v) is 9.71. The summed E-state index contributed by atoms with van der Waals surface area (Å²) in [6.07, 6.45) is 17.6. The molecule has 0 unspecified atom stereocenters. The predicted molar refractivity (Wildman–Crippen MR) is 150 cm³/mol. The highest BCUT2D eigenvalue weighted by atomic mass is 16.2. The lowest BCUT2D eigenvalue weighted by Gasteiger charge is -2.20. The molecule has 2 aromatic rings. The number of fused-ring (bicyclic) bond motifs is 1. The van der Waals surface area contributed by atoms with Crippen molar-refractivity contribution < 1.29 is 9.59 Å². The monoisotopic (exact) mass is 489 g/mol. The highest BCUT2D eigenvalue weighted by Gasteiger charge is 2.20. The van der Waals surface area contributed by atoms with Crippen molar-refractivity contribution in [3.8, 4) is 0 Å². The summed E-state index contributed by atoms with van der Waals surface area (Å²) in [5.41, 5.74) is 7.05. The standard InChI is InChI=1S/C31H43N3O2/c1-2-3-4-5-6-7-8-14-24-32-30(35)18-11-9-10-15-26-19-21-28(22-20-26)31(36)33-34-25-23-27-16-12-13-17-29(27)34/h10,12-13,15-17,19-22H,2-9,11,14,18,23-25H2,1H3,(H,32,35)(H,33,36)/b15-10-. The first kappa shape index (κ1) is 27.5. The van der Waals surface area contributed by atoms with Crippen LogP contribution in [0.15, 0.2) is 54.6 Å². The smallest absolute Gasteiger partial charge is 0.269 e. The average molecular weight is 490 g/mol. The summed E-state index contributed by atoms with van der Waals surface area (Å²) in [5.74, 6) is 0.0579. The number of rotatable bonds is 16. The van der Waals surface area contributed by atoms with E-state index in [-0.39, 0.29) is 11.8 Å². The Hall–Kier alpha value is -3.08.